The summed E-state index contributed by atoms with van der Waals surface area (Å²) in [7, 11) is 0. The number of nitrogens with zero attached hydrogens (tertiary/aromatic N) is 5. The lowest BCUT2D eigenvalue weighted by atomic mass is 9.95. The van der Waals surface area contributed by atoms with E-state index in [1.165, 1.54) is 18.9 Å². The molecule has 4 aliphatic rings. The summed E-state index contributed by atoms with van der Waals surface area (Å²) < 4.78 is 21.1. The van der Waals surface area contributed by atoms with E-state index in [0.29, 0.717) is 54.4 Å². The summed E-state index contributed by atoms with van der Waals surface area (Å²) in [5.74, 6) is 0.457. The lowest BCUT2D eigenvalue weighted by molar-refractivity contribution is -0.127. The second-order valence-corrected chi connectivity index (χ2v) is 10.2. The highest BCUT2D eigenvalue weighted by atomic mass is 19.1. The molecule has 180 valence electrons. The standard InChI is InChI=1S/C26H32FN5O2/c1-3-17-11-22-20(13-21(17)27)24(32-15-18-12-19(32)14-31(18)23(33)4-2)29-25(28-22)34-16-26-7-5-9-30(26)10-6-8-26/h4,11,13,18-19H,2-3,5-10,12,14-16H2,1H3. The van der Waals surface area contributed by atoms with Crippen molar-refractivity contribution in [3.63, 3.8) is 0 Å². The van der Waals surface area contributed by atoms with Crippen LogP contribution in [-0.4, -0.2) is 76.1 Å². The summed E-state index contributed by atoms with van der Waals surface area (Å²) in [6, 6.07) is 4.04. The van der Waals surface area contributed by atoms with Crippen molar-refractivity contribution >= 4 is 22.6 Å². The van der Waals surface area contributed by atoms with E-state index in [-0.39, 0.29) is 29.3 Å². The molecule has 0 N–H and O–H groups in total. The molecule has 1 aromatic heterocycles. The zero-order chi connectivity index (χ0) is 23.4. The van der Waals surface area contributed by atoms with Crippen molar-refractivity contribution in [1.82, 2.24) is 19.8 Å². The molecule has 0 spiro atoms. The minimum absolute atomic E-state index is 0.0284. The summed E-state index contributed by atoms with van der Waals surface area (Å²) in [6.45, 7) is 9.76. The number of carbonyl (C=O) groups is 1. The van der Waals surface area contributed by atoms with Crippen LogP contribution in [0.15, 0.2) is 24.8 Å². The molecule has 6 rings (SSSR count). The van der Waals surface area contributed by atoms with Crippen LogP contribution in [0.25, 0.3) is 10.9 Å². The molecule has 4 aliphatic heterocycles. The minimum Gasteiger partial charge on any atom is -0.461 e. The van der Waals surface area contributed by atoms with Gasteiger partial charge in [-0.2, -0.15) is 9.97 Å². The van der Waals surface area contributed by atoms with Crippen molar-refractivity contribution < 1.29 is 13.9 Å². The van der Waals surface area contributed by atoms with Crippen molar-refractivity contribution in [2.75, 3.05) is 37.7 Å². The van der Waals surface area contributed by atoms with E-state index >= 15 is 0 Å². The molecule has 4 fully saturated rings. The maximum absolute atomic E-state index is 14.8. The molecule has 34 heavy (non-hydrogen) atoms. The number of halogens is 1. The molecule has 7 nitrogen and oxygen atoms in total. The minimum atomic E-state index is -0.229. The van der Waals surface area contributed by atoms with Crippen LogP contribution in [-0.2, 0) is 11.2 Å². The number of anilines is 1. The first-order valence-corrected chi connectivity index (χ1v) is 12.6. The molecule has 5 heterocycles. The van der Waals surface area contributed by atoms with E-state index < -0.39 is 0 Å². The van der Waals surface area contributed by atoms with Gasteiger partial charge in [0.2, 0.25) is 5.91 Å². The SMILES string of the molecule is C=CC(=O)N1CC2CC1CN2c1nc(OCC23CCCN2CCC3)nc2cc(CC)c(F)cc12. The number of hydrogen-bond donors (Lipinski definition) is 0. The van der Waals surface area contributed by atoms with E-state index in [4.69, 9.17) is 14.7 Å². The predicted octanol–water partition coefficient (Wildman–Crippen LogP) is 3.31. The third kappa shape index (κ3) is 3.37. The molecule has 2 bridgehead atoms. The molecule has 0 aliphatic carbocycles. The van der Waals surface area contributed by atoms with Crippen LogP contribution < -0.4 is 9.64 Å². The average Bonchev–Trinajstić information content (AvgIpc) is 3.61. The Labute approximate surface area is 199 Å². The maximum Gasteiger partial charge on any atom is 0.319 e. The Kier molecular flexibility index (Phi) is 5.24. The smallest absolute Gasteiger partial charge is 0.319 e. The molecular formula is C26H32FN5O2. The molecule has 1 aromatic carbocycles. The van der Waals surface area contributed by atoms with Gasteiger partial charge in [-0.25, -0.2) is 4.39 Å². The van der Waals surface area contributed by atoms with Crippen molar-refractivity contribution in [2.45, 2.75) is 63.1 Å². The molecule has 2 unspecified atom stereocenters. The van der Waals surface area contributed by atoms with Crippen LogP contribution in [0.5, 0.6) is 6.01 Å². The third-order valence-corrected chi connectivity index (χ3v) is 8.46. The zero-order valence-corrected chi connectivity index (χ0v) is 19.8. The molecule has 4 saturated heterocycles. The number of carbonyl (C=O) groups excluding carboxylic acids is 1. The van der Waals surface area contributed by atoms with E-state index in [2.05, 4.69) is 16.4 Å². The highest BCUT2D eigenvalue weighted by Crippen LogP contribution is 2.40. The highest BCUT2D eigenvalue weighted by molar-refractivity contribution is 5.92. The van der Waals surface area contributed by atoms with Crippen LogP contribution in [0.4, 0.5) is 10.2 Å². The Morgan fingerprint density at radius 3 is 2.71 bits per heavy atom. The van der Waals surface area contributed by atoms with Crippen molar-refractivity contribution in [3.05, 3.63) is 36.2 Å². The Morgan fingerprint density at radius 1 is 1.24 bits per heavy atom. The lowest BCUT2D eigenvalue weighted by Gasteiger charge is -2.35. The summed E-state index contributed by atoms with van der Waals surface area (Å²) >= 11 is 0. The van der Waals surface area contributed by atoms with Gasteiger partial charge in [-0.15, -0.1) is 0 Å². The number of aromatic nitrogens is 2. The molecular weight excluding hydrogens is 433 g/mol. The number of rotatable bonds is 6. The highest BCUT2D eigenvalue weighted by Gasteiger charge is 2.47. The largest absolute Gasteiger partial charge is 0.461 e. The summed E-state index contributed by atoms with van der Waals surface area (Å²) in [5, 5.41) is 0.706. The fourth-order valence-corrected chi connectivity index (χ4v) is 6.68. The van der Waals surface area contributed by atoms with E-state index in [0.717, 1.165) is 32.4 Å². The quantitative estimate of drug-likeness (QED) is 0.610. The topological polar surface area (TPSA) is 61.8 Å². The first-order chi connectivity index (χ1) is 16.5. The average molecular weight is 466 g/mol. The van der Waals surface area contributed by atoms with Gasteiger partial charge in [-0.3, -0.25) is 9.69 Å². The van der Waals surface area contributed by atoms with Crippen LogP contribution >= 0.6 is 0 Å². The second-order valence-electron chi connectivity index (χ2n) is 10.2. The molecule has 2 aromatic rings. The number of piperazine rings is 1. The molecule has 2 atom stereocenters. The van der Waals surface area contributed by atoms with E-state index in [1.807, 2.05) is 17.9 Å². The number of amides is 1. The third-order valence-electron chi connectivity index (χ3n) is 8.46. The van der Waals surface area contributed by atoms with Gasteiger partial charge in [0.25, 0.3) is 0 Å². The number of fused-ring (bicyclic) bond motifs is 4. The van der Waals surface area contributed by atoms with Gasteiger partial charge in [0, 0.05) is 18.5 Å². The summed E-state index contributed by atoms with van der Waals surface area (Å²) in [6.07, 6.45) is 7.60. The van der Waals surface area contributed by atoms with E-state index in [9.17, 15) is 9.18 Å². The van der Waals surface area contributed by atoms with Gasteiger partial charge >= 0.3 is 6.01 Å². The normalized spacial score (nSPS) is 25.4. The summed E-state index contributed by atoms with van der Waals surface area (Å²) in [4.78, 5) is 28.5. The number of ether oxygens (including phenoxy) is 1. The molecule has 0 radical (unpaired) electrons. The van der Waals surface area contributed by atoms with Crippen molar-refractivity contribution in [3.8, 4) is 6.01 Å². The molecule has 8 heteroatoms. The molecule has 1 amide bonds. The fraction of sp³-hybridized carbons (Fsp3) is 0.577. The van der Waals surface area contributed by atoms with Gasteiger partial charge in [0.05, 0.1) is 23.1 Å². The molecule has 0 saturated carbocycles. The fourth-order valence-electron chi connectivity index (χ4n) is 6.68. The predicted molar refractivity (Wildman–Crippen MR) is 129 cm³/mol. The van der Waals surface area contributed by atoms with Gasteiger partial charge in [-0.05, 0) is 75.4 Å². The maximum atomic E-state index is 14.8. The van der Waals surface area contributed by atoms with Gasteiger partial charge < -0.3 is 14.5 Å². The van der Waals surface area contributed by atoms with Crippen LogP contribution in [0.1, 0.15) is 44.6 Å². The van der Waals surface area contributed by atoms with Gasteiger partial charge in [0.15, 0.2) is 0 Å². The first kappa shape index (κ1) is 21.8. The number of hydrogen-bond acceptors (Lipinski definition) is 6. The number of benzene rings is 1. The summed E-state index contributed by atoms with van der Waals surface area (Å²) in [5.41, 5.74) is 1.46. The Hall–Kier alpha value is -2.74. The lowest BCUT2D eigenvalue weighted by Crippen LogP contribution is -2.48. The van der Waals surface area contributed by atoms with Crippen LogP contribution in [0.2, 0.25) is 0 Å². The second kappa shape index (κ2) is 8.18. The Balaban J connectivity index is 1.34. The van der Waals surface area contributed by atoms with Gasteiger partial charge in [-0.1, -0.05) is 13.5 Å². The number of likely N-dealkylation sites (tertiary alicyclic amines) is 1. The number of aryl methyl sites for hydroxylation is 1. The monoisotopic (exact) mass is 465 g/mol. The van der Waals surface area contributed by atoms with Crippen LogP contribution in [0.3, 0.4) is 0 Å². The first-order valence-electron chi connectivity index (χ1n) is 12.6. The van der Waals surface area contributed by atoms with E-state index in [1.54, 1.807) is 6.07 Å². The van der Waals surface area contributed by atoms with Gasteiger partial charge in [0.1, 0.15) is 18.2 Å². The van der Waals surface area contributed by atoms with Crippen molar-refractivity contribution in [1.29, 1.82) is 0 Å². The Morgan fingerprint density at radius 2 is 2.03 bits per heavy atom. The van der Waals surface area contributed by atoms with Crippen molar-refractivity contribution in [2.24, 2.45) is 0 Å². The zero-order valence-electron chi connectivity index (χ0n) is 19.8. The van der Waals surface area contributed by atoms with Crippen LogP contribution in [0, 0.1) is 5.82 Å². The Bertz CT molecular complexity index is 1140.